The number of hydrogen-bond donors (Lipinski definition) is 1. The third-order valence-corrected chi connectivity index (χ3v) is 6.84. The smallest absolute Gasteiger partial charge is 0.229 e. The highest BCUT2D eigenvalue weighted by Crippen LogP contribution is 2.38. The van der Waals surface area contributed by atoms with Crippen LogP contribution in [0.1, 0.15) is 36.0 Å². The van der Waals surface area contributed by atoms with E-state index < -0.39 is 5.41 Å². The summed E-state index contributed by atoms with van der Waals surface area (Å²) in [5.41, 5.74) is 4.71. The Morgan fingerprint density at radius 1 is 1.09 bits per heavy atom. The van der Waals surface area contributed by atoms with E-state index in [9.17, 15) is 9.59 Å². The molecule has 3 aromatic rings. The number of pyridine rings is 1. The monoisotopic (exact) mass is 441 g/mol. The van der Waals surface area contributed by atoms with Crippen LogP contribution in [-0.4, -0.2) is 41.8 Å². The van der Waals surface area contributed by atoms with Gasteiger partial charge in [0.25, 0.3) is 0 Å². The molecule has 1 aromatic heterocycles. The summed E-state index contributed by atoms with van der Waals surface area (Å²) in [6.45, 7) is 4.99. The first-order valence-corrected chi connectivity index (χ1v) is 11.5. The van der Waals surface area contributed by atoms with Gasteiger partial charge in [0.1, 0.15) is 0 Å². The van der Waals surface area contributed by atoms with Crippen molar-refractivity contribution >= 4 is 11.8 Å². The van der Waals surface area contributed by atoms with Gasteiger partial charge < -0.3 is 10.2 Å². The summed E-state index contributed by atoms with van der Waals surface area (Å²) < 4.78 is 0. The third kappa shape index (κ3) is 4.68. The lowest BCUT2D eigenvalue weighted by Crippen LogP contribution is -2.44. The first kappa shape index (κ1) is 22.7. The SMILES string of the molecule is CNC(=O)[C@@]1(Cc2ccccc2-c2cccnc2)CCN(C(=O)[C@@H](C)c2ccc(C)cc2)C1. The van der Waals surface area contributed by atoms with Gasteiger partial charge in [0, 0.05) is 38.1 Å². The summed E-state index contributed by atoms with van der Waals surface area (Å²) in [6, 6.07) is 20.2. The molecule has 0 unspecified atom stereocenters. The fraction of sp³-hybridized carbons (Fsp3) is 0.321. The highest BCUT2D eigenvalue weighted by atomic mass is 16.2. The number of benzene rings is 2. The molecule has 4 rings (SSSR count). The minimum Gasteiger partial charge on any atom is -0.359 e. The van der Waals surface area contributed by atoms with E-state index in [0.717, 1.165) is 22.3 Å². The zero-order valence-corrected chi connectivity index (χ0v) is 19.5. The number of carbonyl (C=O) groups is 2. The Kier molecular flexibility index (Phi) is 6.59. The van der Waals surface area contributed by atoms with Crippen LogP contribution in [0.3, 0.4) is 0 Å². The zero-order chi connectivity index (χ0) is 23.4. The van der Waals surface area contributed by atoms with E-state index in [1.165, 1.54) is 5.56 Å². The maximum Gasteiger partial charge on any atom is 0.229 e. The molecule has 1 N–H and O–H groups in total. The van der Waals surface area contributed by atoms with Crippen molar-refractivity contribution in [2.75, 3.05) is 20.1 Å². The van der Waals surface area contributed by atoms with Crippen LogP contribution in [0.2, 0.25) is 0 Å². The molecule has 0 aliphatic carbocycles. The van der Waals surface area contributed by atoms with Crippen molar-refractivity contribution in [3.63, 3.8) is 0 Å². The second-order valence-electron chi connectivity index (χ2n) is 9.08. The van der Waals surface area contributed by atoms with E-state index in [2.05, 4.69) is 22.4 Å². The van der Waals surface area contributed by atoms with Crippen LogP contribution in [0.5, 0.6) is 0 Å². The van der Waals surface area contributed by atoms with Gasteiger partial charge >= 0.3 is 0 Å². The number of amides is 2. The first-order chi connectivity index (χ1) is 15.9. The van der Waals surface area contributed by atoms with Gasteiger partial charge in [-0.2, -0.15) is 0 Å². The Balaban J connectivity index is 1.59. The van der Waals surface area contributed by atoms with Crippen molar-refractivity contribution in [2.45, 2.75) is 32.6 Å². The lowest BCUT2D eigenvalue weighted by molar-refractivity contribution is -0.133. The maximum absolute atomic E-state index is 13.4. The Labute approximate surface area is 195 Å². The average Bonchev–Trinajstić information content (AvgIpc) is 3.29. The summed E-state index contributed by atoms with van der Waals surface area (Å²) in [4.78, 5) is 32.7. The van der Waals surface area contributed by atoms with Crippen molar-refractivity contribution in [3.05, 3.63) is 89.7 Å². The molecular formula is C28H31N3O2. The van der Waals surface area contributed by atoms with Crippen LogP contribution < -0.4 is 5.32 Å². The largest absolute Gasteiger partial charge is 0.359 e. The molecule has 170 valence electrons. The minimum absolute atomic E-state index is 0.0122. The van der Waals surface area contributed by atoms with E-state index >= 15 is 0 Å². The number of nitrogens with one attached hydrogen (secondary N) is 1. The Morgan fingerprint density at radius 2 is 1.85 bits per heavy atom. The second-order valence-corrected chi connectivity index (χ2v) is 9.08. The molecule has 0 saturated carbocycles. The average molecular weight is 442 g/mol. The summed E-state index contributed by atoms with van der Waals surface area (Å²) in [6.07, 6.45) is 4.81. The number of nitrogens with zero attached hydrogens (tertiary/aromatic N) is 2. The Bertz CT molecular complexity index is 1130. The molecule has 2 heterocycles. The zero-order valence-electron chi connectivity index (χ0n) is 19.5. The van der Waals surface area contributed by atoms with Gasteiger partial charge in [-0.1, -0.05) is 60.2 Å². The highest BCUT2D eigenvalue weighted by Gasteiger charge is 2.46. The molecule has 0 spiro atoms. The molecule has 2 amide bonds. The Morgan fingerprint density at radius 3 is 2.55 bits per heavy atom. The molecule has 5 heteroatoms. The van der Waals surface area contributed by atoms with Crippen LogP contribution in [0.25, 0.3) is 11.1 Å². The van der Waals surface area contributed by atoms with Crippen molar-refractivity contribution in [1.29, 1.82) is 0 Å². The van der Waals surface area contributed by atoms with Crippen LogP contribution >= 0.6 is 0 Å². The molecular weight excluding hydrogens is 410 g/mol. The van der Waals surface area contributed by atoms with E-state index in [1.807, 2.05) is 73.5 Å². The van der Waals surface area contributed by atoms with Gasteiger partial charge in [-0.15, -0.1) is 0 Å². The molecule has 1 fully saturated rings. The predicted molar refractivity (Wildman–Crippen MR) is 131 cm³/mol. The maximum atomic E-state index is 13.4. The van der Waals surface area contributed by atoms with Gasteiger partial charge in [0.15, 0.2) is 0 Å². The number of likely N-dealkylation sites (tertiary alicyclic amines) is 1. The summed E-state index contributed by atoms with van der Waals surface area (Å²) >= 11 is 0. The minimum atomic E-state index is -0.657. The fourth-order valence-corrected chi connectivity index (χ4v) is 4.85. The van der Waals surface area contributed by atoms with Crippen molar-refractivity contribution in [3.8, 4) is 11.1 Å². The number of aromatic nitrogens is 1. The number of aryl methyl sites for hydroxylation is 1. The standard InChI is InChI=1S/C28H31N3O2/c1-20-10-12-22(13-11-20)21(2)26(32)31-16-14-28(19-31,27(33)29-3)17-23-7-4-5-9-25(23)24-8-6-15-30-18-24/h4-13,15,18,21H,14,16-17,19H2,1-3H3,(H,29,33)/t21-,28+/m0/s1. The van der Waals surface area contributed by atoms with Gasteiger partial charge in [0.2, 0.25) is 11.8 Å². The van der Waals surface area contributed by atoms with E-state index in [1.54, 1.807) is 13.2 Å². The van der Waals surface area contributed by atoms with Crippen molar-refractivity contribution < 1.29 is 9.59 Å². The highest BCUT2D eigenvalue weighted by molar-refractivity contribution is 5.88. The summed E-state index contributed by atoms with van der Waals surface area (Å²) in [5.74, 6) is -0.180. The topological polar surface area (TPSA) is 62.3 Å². The third-order valence-electron chi connectivity index (χ3n) is 6.84. The van der Waals surface area contributed by atoms with Crippen LogP contribution in [0.4, 0.5) is 0 Å². The normalized spacial score (nSPS) is 18.7. The van der Waals surface area contributed by atoms with Crippen molar-refractivity contribution in [2.24, 2.45) is 5.41 Å². The van der Waals surface area contributed by atoms with Crippen LogP contribution in [0.15, 0.2) is 73.1 Å². The quantitative estimate of drug-likeness (QED) is 0.618. The molecule has 5 nitrogen and oxygen atoms in total. The second kappa shape index (κ2) is 9.57. The number of rotatable bonds is 6. The van der Waals surface area contributed by atoms with E-state index in [4.69, 9.17) is 0 Å². The van der Waals surface area contributed by atoms with Gasteiger partial charge in [0.05, 0.1) is 11.3 Å². The first-order valence-electron chi connectivity index (χ1n) is 11.5. The van der Waals surface area contributed by atoms with Crippen LogP contribution in [-0.2, 0) is 16.0 Å². The molecule has 33 heavy (non-hydrogen) atoms. The molecule has 0 bridgehead atoms. The summed E-state index contributed by atoms with van der Waals surface area (Å²) in [7, 11) is 1.68. The van der Waals surface area contributed by atoms with E-state index in [-0.39, 0.29) is 17.7 Å². The number of carbonyl (C=O) groups excluding carboxylic acids is 2. The summed E-state index contributed by atoms with van der Waals surface area (Å²) in [5, 5.41) is 2.86. The van der Waals surface area contributed by atoms with E-state index in [0.29, 0.717) is 25.9 Å². The van der Waals surface area contributed by atoms with Crippen LogP contribution in [0, 0.1) is 12.3 Å². The molecule has 1 aliphatic heterocycles. The molecule has 1 aliphatic rings. The van der Waals surface area contributed by atoms with Crippen molar-refractivity contribution in [1.82, 2.24) is 15.2 Å². The molecule has 1 saturated heterocycles. The molecule has 2 atom stereocenters. The van der Waals surface area contributed by atoms with Gasteiger partial charge in [-0.25, -0.2) is 0 Å². The molecule has 2 aromatic carbocycles. The Hall–Kier alpha value is -3.47. The van der Waals surface area contributed by atoms with Gasteiger partial charge in [-0.3, -0.25) is 14.6 Å². The van der Waals surface area contributed by atoms with Gasteiger partial charge in [-0.05, 0) is 49.4 Å². The molecule has 0 radical (unpaired) electrons. The lowest BCUT2D eigenvalue weighted by atomic mass is 9.78. The number of hydrogen-bond acceptors (Lipinski definition) is 3. The predicted octanol–water partition coefficient (Wildman–Crippen LogP) is 4.37. The fourth-order valence-electron chi connectivity index (χ4n) is 4.85. The lowest BCUT2D eigenvalue weighted by Gasteiger charge is -2.29.